The average Bonchev–Trinajstić information content (AvgIpc) is 1.68. The van der Waals surface area contributed by atoms with Crippen molar-refractivity contribution in [2.24, 2.45) is 0 Å². The molecule has 0 amide bonds. The van der Waals surface area contributed by atoms with Gasteiger partial charge in [0.25, 0.3) is 0 Å². The fourth-order valence-electron chi connectivity index (χ4n) is 0.351. The van der Waals surface area contributed by atoms with Crippen LogP contribution in [-0.4, -0.2) is 23.8 Å². The van der Waals surface area contributed by atoms with Crippen molar-refractivity contribution in [1.82, 2.24) is 0 Å². The minimum Gasteiger partial charge on any atom is -0.400 e. The highest BCUT2D eigenvalue weighted by Crippen LogP contribution is 1.80. The summed E-state index contributed by atoms with van der Waals surface area (Å²) in [6, 6.07) is 0. The Balaban J connectivity index is 0. The number of aliphatic hydroxyl groups excluding tert-OH is 1. The Morgan fingerprint density at radius 3 is 1.33 bits per heavy atom. The fourth-order valence-corrected chi connectivity index (χ4v) is 0.351. The van der Waals surface area contributed by atoms with Crippen LogP contribution in [0.3, 0.4) is 0 Å². The van der Waals surface area contributed by atoms with Gasteiger partial charge >= 0.3 is 0 Å². The number of aliphatic hydroxyl groups is 1. The lowest BCUT2D eigenvalue weighted by atomic mass is 10.2. The van der Waals surface area contributed by atoms with Gasteiger partial charge in [-0.05, 0) is 13.8 Å². The normalized spacial score (nSPS) is 7.11. The number of Topliss-reactive ketones (excluding diaryl/α,β-unsaturated/α-hetero) is 2. The molecule has 0 aliphatic heterocycles. The minimum atomic E-state index is -0.0625. The van der Waals surface area contributed by atoms with Crippen LogP contribution in [0.25, 0.3) is 0 Å². The first-order valence-corrected chi connectivity index (χ1v) is 2.56. The van der Waals surface area contributed by atoms with Gasteiger partial charge in [-0.15, -0.1) is 0 Å². The number of carbonyl (C=O) groups excluding carboxylic acids is 2. The van der Waals surface area contributed by atoms with Crippen LogP contribution < -0.4 is 0 Å². The first-order chi connectivity index (χ1) is 4.13. The van der Waals surface area contributed by atoms with E-state index in [4.69, 9.17) is 5.11 Å². The van der Waals surface area contributed by atoms with Crippen molar-refractivity contribution >= 4 is 11.6 Å². The molecular weight excluding hydrogens is 120 g/mol. The smallest absolute Gasteiger partial charge is 0.137 e. The van der Waals surface area contributed by atoms with Crippen molar-refractivity contribution in [2.45, 2.75) is 20.3 Å². The largest absolute Gasteiger partial charge is 0.400 e. The van der Waals surface area contributed by atoms with E-state index >= 15 is 0 Å². The summed E-state index contributed by atoms with van der Waals surface area (Å²) in [6.07, 6.45) is 0.0833. The summed E-state index contributed by atoms with van der Waals surface area (Å²) in [5.41, 5.74) is 0. The van der Waals surface area contributed by atoms with E-state index in [-0.39, 0.29) is 18.0 Å². The maximum atomic E-state index is 10.0. The number of hydrogen-bond acceptors (Lipinski definition) is 3. The second kappa shape index (κ2) is 7.30. The quantitative estimate of drug-likeness (QED) is 0.544. The van der Waals surface area contributed by atoms with Crippen LogP contribution in [0, 0.1) is 0 Å². The first kappa shape index (κ1) is 11.1. The lowest BCUT2D eigenvalue weighted by Crippen LogP contribution is -1.97. The number of ketones is 2. The predicted octanol–water partition coefficient (Wildman–Crippen LogP) is 0.163. The Morgan fingerprint density at radius 2 is 1.33 bits per heavy atom. The van der Waals surface area contributed by atoms with E-state index in [0.717, 1.165) is 7.11 Å². The van der Waals surface area contributed by atoms with Crippen LogP contribution in [0.15, 0.2) is 0 Å². The second-order valence-electron chi connectivity index (χ2n) is 1.58. The van der Waals surface area contributed by atoms with Gasteiger partial charge in [-0.3, -0.25) is 9.59 Å². The first-order valence-electron chi connectivity index (χ1n) is 2.56. The number of hydrogen-bond donors (Lipinski definition) is 1. The van der Waals surface area contributed by atoms with Gasteiger partial charge in [0.15, 0.2) is 0 Å². The van der Waals surface area contributed by atoms with Crippen molar-refractivity contribution in [2.75, 3.05) is 7.11 Å². The number of carbonyl (C=O) groups is 2. The molecule has 0 aromatic carbocycles. The summed E-state index contributed by atoms with van der Waals surface area (Å²) in [6.45, 7) is 2.81. The average molecular weight is 132 g/mol. The van der Waals surface area contributed by atoms with Crippen LogP contribution >= 0.6 is 0 Å². The van der Waals surface area contributed by atoms with Crippen LogP contribution in [0.2, 0.25) is 0 Å². The van der Waals surface area contributed by atoms with E-state index in [1.54, 1.807) is 0 Å². The van der Waals surface area contributed by atoms with Gasteiger partial charge in [-0.1, -0.05) is 0 Å². The van der Waals surface area contributed by atoms with Gasteiger partial charge in [0.05, 0.1) is 6.42 Å². The molecule has 9 heavy (non-hydrogen) atoms. The molecule has 54 valence electrons. The molecule has 1 N–H and O–H groups in total. The highest BCUT2D eigenvalue weighted by Gasteiger charge is 1.94. The molecule has 0 aliphatic rings. The summed E-state index contributed by atoms with van der Waals surface area (Å²) in [5.74, 6) is -0.125. The van der Waals surface area contributed by atoms with Gasteiger partial charge < -0.3 is 5.11 Å². The molecule has 0 fully saturated rings. The van der Waals surface area contributed by atoms with Crippen molar-refractivity contribution in [1.29, 1.82) is 0 Å². The zero-order chi connectivity index (χ0) is 7.86. The molecule has 0 spiro atoms. The van der Waals surface area contributed by atoms with Crippen molar-refractivity contribution in [3.8, 4) is 0 Å². The van der Waals surface area contributed by atoms with Crippen molar-refractivity contribution in [3.63, 3.8) is 0 Å². The molecule has 0 unspecified atom stereocenters. The third kappa shape index (κ3) is 18.8. The Bertz CT molecular complexity index is 84.5. The van der Waals surface area contributed by atoms with Crippen LogP contribution in [0.1, 0.15) is 20.3 Å². The SMILES string of the molecule is CC(=O)CC(C)=O.CO. The summed E-state index contributed by atoms with van der Waals surface area (Å²) < 4.78 is 0. The molecule has 0 aromatic rings. The molecule has 3 nitrogen and oxygen atoms in total. The highest BCUT2D eigenvalue weighted by atomic mass is 16.2. The summed E-state index contributed by atoms with van der Waals surface area (Å²) in [5, 5.41) is 7.00. The third-order valence-corrected chi connectivity index (χ3v) is 0.498. The summed E-state index contributed by atoms with van der Waals surface area (Å²) >= 11 is 0. The predicted molar refractivity (Wildman–Crippen MR) is 34.1 cm³/mol. The van der Waals surface area contributed by atoms with E-state index < -0.39 is 0 Å². The second-order valence-corrected chi connectivity index (χ2v) is 1.58. The van der Waals surface area contributed by atoms with Crippen LogP contribution in [0.4, 0.5) is 0 Å². The summed E-state index contributed by atoms with van der Waals surface area (Å²) in [7, 11) is 1.00. The standard InChI is InChI=1S/C5H8O2.CH4O/c1-4(6)3-5(2)7;1-2/h3H2,1-2H3;2H,1H3. The van der Waals surface area contributed by atoms with Gasteiger partial charge in [0.1, 0.15) is 11.6 Å². The molecule has 0 bridgehead atoms. The van der Waals surface area contributed by atoms with E-state index in [9.17, 15) is 9.59 Å². The molecule has 0 saturated carbocycles. The lowest BCUT2D eigenvalue weighted by Gasteiger charge is -1.81. The van der Waals surface area contributed by atoms with Gasteiger partial charge in [0.2, 0.25) is 0 Å². The maximum absolute atomic E-state index is 10.0. The Morgan fingerprint density at radius 1 is 1.11 bits per heavy atom. The Kier molecular flexibility index (Phi) is 9.04. The van der Waals surface area contributed by atoms with Gasteiger partial charge in [0, 0.05) is 7.11 Å². The molecule has 0 aliphatic carbocycles. The zero-order valence-corrected chi connectivity index (χ0v) is 5.97. The third-order valence-electron chi connectivity index (χ3n) is 0.498. The molecule has 0 aromatic heterocycles. The molecular formula is C6H12O3. The molecule has 3 heteroatoms. The van der Waals surface area contributed by atoms with Gasteiger partial charge in [-0.2, -0.15) is 0 Å². The van der Waals surface area contributed by atoms with Crippen molar-refractivity contribution < 1.29 is 14.7 Å². The monoisotopic (exact) mass is 132 g/mol. The fraction of sp³-hybridized carbons (Fsp3) is 0.667. The van der Waals surface area contributed by atoms with E-state index in [2.05, 4.69) is 0 Å². The maximum Gasteiger partial charge on any atom is 0.137 e. The molecule has 0 heterocycles. The van der Waals surface area contributed by atoms with Crippen LogP contribution in [-0.2, 0) is 9.59 Å². The topological polar surface area (TPSA) is 54.4 Å². The minimum absolute atomic E-state index is 0.0625. The lowest BCUT2D eigenvalue weighted by molar-refractivity contribution is -0.124. The van der Waals surface area contributed by atoms with Crippen molar-refractivity contribution in [3.05, 3.63) is 0 Å². The Labute approximate surface area is 54.7 Å². The molecule has 0 atom stereocenters. The van der Waals surface area contributed by atoms with Gasteiger partial charge in [-0.25, -0.2) is 0 Å². The number of rotatable bonds is 2. The van der Waals surface area contributed by atoms with Crippen LogP contribution in [0.5, 0.6) is 0 Å². The molecule has 0 rings (SSSR count). The Hall–Kier alpha value is -0.700. The van der Waals surface area contributed by atoms with E-state index in [1.807, 2.05) is 0 Å². The van der Waals surface area contributed by atoms with E-state index in [0.29, 0.717) is 0 Å². The summed E-state index contributed by atoms with van der Waals surface area (Å²) in [4.78, 5) is 20.1. The molecule has 0 saturated heterocycles. The highest BCUT2D eigenvalue weighted by molar-refractivity contribution is 5.96. The molecule has 0 radical (unpaired) electrons. The zero-order valence-electron chi connectivity index (χ0n) is 5.97. The van der Waals surface area contributed by atoms with E-state index in [1.165, 1.54) is 13.8 Å².